The molecule has 0 bridgehead atoms. The first-order valence-electron chi connectivity index (χ1n) is 19.5. The van der Waals surface area contributed by atoms with Gasteiger partial charge < -0.3 is 48.5 Å². The fourth-order valence-electron chi connectivity index (χ4n) is 9.72. The van der Waals surface area contributed by atoms with Crippen LogP contribution in [0.3, 0.4) is 0 Å². The standard InChI is InChI=1S/C40H64N2O10/c1-24(2)10-15-30-38(7,52-30)34-32(46-9)29(17-20-40(34)23-49-40)51-36(44)42-27-13-11-26(12-14-27)41-35(43)50-28-16-19-39(22-48-39)33(31(28)45-8)37(5,6)47-21-18-25(3)4/h10,18,26-34H,11-17,19-23H2,1-9H3,(H,41,43)(H,42,44)/t26-,27-,28-,29-,30-,31-,32-,33-,34-,38+,39+,40+/m1/s1. The molecule has 6 aliphatic rings. The SMILES string of the molecule is CO[C@@H]1[C@H](OC(=O)N[C@H]2CC[C@H](NC(=O)O[C@@H]3CC[C@]4(CO4)[C@@H](C(C)(C)OCC=C(C)C)[C@@H]3OC)CC2)CC[C@]2(CO2)[C@H]1[C@@]1(C)O[C@@H]1CC=C(C)C. The number of amides is 2. The summed E-state index contributed by atoms with van der Waals surface area (Å²) in [5.74, 6) is -0.123. The molecule has 6 rings (SSSR count). The van der Waals surface area contributed by atoms with Crippen LogP contribution in [0.1, 0.15) is 106 Å². The third-order valence-corrected chi connectivity index (χ3v) is 12.7. The highest BCUT2D eigenvalue weighted by molar-refractivity contribution is 5.68. The molecule has 3 saturated heterocycles. The Morgan fingerprint density at radius 3 is 1.75 bits per heavy atom. The maximum atomic E-state index is 13.2. The Balaban J connectivity index is 0.963. The van der Waals surface area contributed by atoms with Gasteiger partial charge in [-0.15, -0.1) is 0 Å². The maximum absolute atomic E-state index is 13.2. The largest absolute Gasteiger partial charge is 0.443 e. The number of alkyl carbamates (subject to hydrolysis) is 2. The molecule has 3 aliphatic carbocycles. The first-order chi connectivity index (χ1) is 24.6. The minimum absolute atomic E-state index is 0.0254. The Labute approximate surface area is 310 Å². The van der Waals surface area contributed by atoms with Crippen molar-refractivity contribution in [2.24, 2.45) is 11.8 Å². The lowest BCUT2D eigenvalue weighted by atomic mass is 9.68. The van der Waals surface area contributed by atoms with Crippen molar-refractivity contribution in [3.05, 3.63) is 23.3 Å². The van der Waals surface area contributed by atoms with E-state index >= 15 is 0 Å². The molecule has 3 saturated carbocycles. The Kier molecular flexibility index (Phi) is 11.8. The highest BCUT2D eigenvalue weighted by Crippen LogP contribution is 2.60. The third-order valence-electron chi connectivity index (χ3n) is 12.7. The molecular formula is C40H64N2O10. The third kappa shape index (κ3) is 8.52. The van der Waals surface area contributed by atoms with Crippen LogP contribution >= 0.6 is 0 Å². The molecule has 3 heterocycles. The van der Waals surface area contributed by atoms with E-state index in [0.717, 1.165) is 44.9 Å². The Bertz CT molecular complexity index is 1270. The molecule has 294 valence electrons. The van der Waals surface area contributed by atoms with Gasteiger partial charge in [-0.3, -0.25) is 0 Å². The first-order valence-corrected chi connectivity index (χ1v) is 19.5. The van der Waals surface area contributed by atoms with Crippen LogP contribution in [-0.2, 0) is 37.9 Å². The number of hydrogen-bond acceptors (Lipinski definition) is 10. The summed E-state index contributed by atoms with van der Waals surface area (Å²) in [6.07, 6.45) is 8.65. The molecule has 6 fully saturated rings. The number of hydrogen-bond donors (Lipinski definition) is 2. The number of nitrogens with one attached hydrogen (secondary N) is 2. The lowest BCUT2D eigenvalue weighted by Gasteiger charge is -2.47. The zero-order chi connectivity index (χ0) is 37.5. The van der Waals surface area contributed by atoms with Crippen molar-refractivity contribution in [1.82, 2.24) is 10.6 Å². The van der Waals surface area contributed by atoms with E-state index in [2.05, 4.69) is 71.3 Å². The summed E-state index contributed by atoms with van der Waals surface area (Å²) in [7, 11) is 3.36. The molecule has 0 unspecified atom stereocenters. The van der Waals surface area contributed by atoms with Gasteiger partial charge >= 0.3 is 12.2 Å². The first kappa shape index (κ1) is 39.5. The number of epoxide rings is 3. The molecule has 12 heteroatoms. The Hall–Kier alpha value is -2.22. The number of rotatable bonds is 13. The predicted molar refractivity (Wildman–Crippen MR) is 194 cm³/mol. The van der Waals surface area contributed by atoms with Gasteiger partial charge in [-0.05, 0) is 106 Å². The zero-order valence-electron chi connectivity index (χ0n) is 32.9. The van der Waals surface area contributed by atoms with E-state index in [0.29, 0.717) is 32.7 Å². The fourth-order valence-corrected chi connectivity index (χ4v) is 9.72. The number of carbonyl (C=O) groups is 2. The fraction of sp³-hybridized carbons (Fsp3) is 0.850. The van der Waals surface area contributed by atoms with Gasteiger partial charge in [0, 0.05) is 32.2 Å². The van der Waals surface area contributed by atoms with Gasteiger partial charge in [-0.25, -0.2) is 9.59 Å². The Morgan fingerprint density at radius 2 is 1.27 bits per heavy atom. The molecular weight excluding hydrogens is 668 g/mol. The monoisotopic (exact) mass is 732 g/mol. The summed E-state index contributed by atoms with van der Waals surface area (Å²) in [6, 6.07) is -0.0905. The second-order valence-electron chi connectivity index (χ2n) is 17.4. The highest BCUT2D eigenvalue weighted by Gasteiger charge is 2.72. The normalized spacial score (nSPS) is 40.8. The van der Waals surface area contributed by atoms with Crippen LogP contribution < -0.4 is 10.6 Å². The number of allylic oxidation sites excluding steroid dienone is 2. The predicted octanol–water partition coefficient (Wildman–Crippen LogP) is 6.15. The quantitative estimate of drug-likeness (QED) is 0.167. The smallest absolute Gasteiger partial charge is 0.407 e. The van der Waals surface area contributed by atoms with Crippen molar-refractivity contribution < 1.29 is 47.5 Å². The minimum atomic E-state index is -0.552. The summed E-state index contributed by atoms with van der Waals surface area (Å²) in [5, 5.41) is 6.17. The topological polar surface area (TPSA) is 142 Å². The Morgan fingerprint density at radius 1 is 0.769 bits per heavy atom. The van der Waals surface area contributed by atoms with Crippen LogP contribution in [0.4, 0.5) is 9.59 Å². The van der Waals surface area contributed by atoms with E-state index < -0.39 is 30.0 Å². The average molecular weight is 733 g/mol. The summed E-state index contributed by atoms with van der Waals surface area (Å²) in [4.78, 5) is 26.4. The van der Waals surface area contributed by atoms with Crippen molar-refractivity contribution in [3.8, 4) is 0 Å². The lowest BCUT2D eigenvalue weighted by molar-refractivity contribution is -0.172. The molecule has 0 radical (unpaired) electrons. The average Bonchev–Trinajstić information content (AvgIpc) is 4.03. The second kappa shape index (κ2) is 15.5. The van der Waals surface area contributed by atoms with Gasteiger partial charge in [0.25, 0.3) is 0 Å². The van der Waals surface area contributed by atoms with Gasteiger partial charge in [-0.1, -0.05) is 23.3 Å². The molecule has 0 aromatic carbocycles. The summed E-state index contributed by atoms with van der Waals surface area (Å²) >= 11 is 0. The van der Waals surface area contributed by atoms with Crippen molar-refractivity contribution in [2.45, 2.75) is 171 Å². The van der Waals surface area contributed by atoms with E-state index in [1.807, 2.05) is 0 Å². The van der Waals surface area contributed by atoms with Crippen LogP contribution in [0.2, 0.25) is 0 Å². The van der Waals surface area contributed by atoms with Gasteiger partial charge in [0.2, 0.25) is 0 Å². The molecule has 0 aromatic rings. The summed E-state index contributed by atoms with van der Waals surface area (Å²) in [6.45, 7) is 16.4. The van der Waals surface area contributed by atoms with E-state index in [-0.39, 0.29) is 59.0 Å². The van der Waals surface area contributed by atoms with Crippen LogP contribution in [0.15, 0.2) is 23.3 Å². The van der Waals surface area contributed by atoms with Gasteiger partial charge in [0.1, 0.15) is 35.6 Å². The van der Waals surface area contributed by atoms with Crippen LogP contribution in [0, 0.1) is 11.8 Å². The van der Waals surface area contributed by atoms with Gasteiger partial charge in [0.05, 0.1) is 43.0 Å². The van der Waals surface area contributed by atoms with Crippen molar-refractivity contribution in [1.29, 1.82) is 0 Å². The van der Waals surface area contributed by atoms with Gasteiger partial charge in [-0.2, -0.15) is 0 Å². The zero-order valence-corrected chi connectivity index (χ0v) is 32.9. The van der Waals surface area contributed by atoms with Crippen LogP contribution in [0.5, 0.6) is 0 Å². The molecule has 2 amide bonds. The van der Waals surface area contributed by atoms with E-state index in [4.69, 9.17) is 37.9 Å². The summed E-state index contributed by atoms with van der Waals surface area (Å²) in [5.41, 5.74) is 0.936. The number of methoxy groups -OCH3 is 2. The molecule has 3 aliphatic heterocycles. The maximum Gasteiger partial charge on any atom is 0.407 e. The molecule has 10 atom stereocenters. The highest BCUT2D eigenvalue weighted by atomic mass is 16.6. The molecule has 12 nitrogen and oxygen atoms in total. The molecule has 0 aromatic heterocycles. The molecule has 52 heavy (non-hydrogen) atoms. The summed E-state index contributed by atoms with van der Waals surface area (Å²) < 4.78 is 48.9. The van der Waals surface area contributed by atoms with Crippen molar-refractivity contribution >= 4 is 12.2 Å². The van der Waals surface area contributed by atoms with Crippen molar-refractivity contribution in [2.75, 3.05) is 34.0 Å². The lowest BCUT2D eigenvalue weighted by Crippen LogP contribution is -2.59. The second-order valence-corrected chi connectivity index (χ2v) is 17.4. The number of ether oxygens (including phenoxy) is 8. The number of carbonyl (C=O) groups excluding carboxylic acids is 2. The van der Waals surface area contributed by atoms with E-state index in [9.17, 15) is 9.59 Å². The van der Waals surface area contributed by atoms with Crippen LogP contribution in [-0.4, -0.2) is 111 Å². The van der Waals surface area contributed by atoms with E-state index in [1.54, 1.807) is 14.2 Å². The molecule has 2 N–H and O–H groups in total. The van der Waals surface area contributed by atoms with E-state index in [1.165, 1.54) is 11.1 Å². The van der Waals surface area contributed by atoms with Crippen LogP contribution in [0.25, 0.3) is 0 Å². The molecule has 2 spiro atoms. The van der Waals surface area contributed by atoms with Crippen molar-refractivity contribution in [3.63, 3.8) is 0 Å². The minimum Gasteiger partial charge on any atom is -0.443 e. The van der Waals surface area contributed by atoms with Gasteiger partial charge in [0.15, 0.2) is 0 Å².